The quantitative estimate of drug-likeness (QED) is 0.413. The van der Waals surface area contributed by atoms with Gasteiger partial charge < -0.3 is 15.1 Å². The van der Waals surface area contributed by atoms with Crippen molar-refractivity contribution in [3.8, 4) is 0 Å². The van der Waals surface area contributed by atoms with Crippen molar-refractivity contribution < 1.29 is 37.8 Å². The van der Waals surface area contributed by atoms with E-state index in [1.807, 2.05) is 0 Å². The molecular formula is C25H22F3N3O6S4. The summed E-state index contributed by atoms with van der Waals surface area (Å²) in [5.41, 5.74) is -0.576. The monoisotopic (exact) mass is 645 g/mol. The SMILES string of the molecule is CCN1/C(=C/C(CCC(=O)O)=c2/s/c(=C3\SC(=S)N(CC(=O)O)C3=O)n(CC)c2=O)Sc2ccc(C(F)(F)F)cc21. The number of nitrogens with zero attached hydrogens (tertiary/aromatic N) is 3. The number of aromatic nitrogens is 1. The number of rotatable bonds is 8. The predicted molar refractivity (Wildman–Crippen MR) is 155 cm³/mol. The number of thiazole rings is 1. The molecule has 1 aromatic heterocycles. The number of carbonyl (C=O) groups excluding carboxylic acids is 1. The number of fused-ring (bicyclic) bond motifs is 1. The predicted octanol–water partition coefficient (Wildman–Crippen LogP) is 3.49. The Morgan fingerprint density at radius 1 is 1.02 bits per heavy atom. The highest BCUT2D eigenvalue weighted by Gasteiger charge is 2.36. The minimum atomic E-state index is -4.53. The normalized spacial score (nSPS) is 18.4. The molecule has 1 fully saturated rings. The van der Waals surface area contributed by atoms with Gasteiger partial charge >= 0.3 is 18.1 Å². The minimum absolute atomic E-state index is 0.0339. The van der Waals surface area contributed by atoms with E-state index >= 15 is 0 Å². The molecule has 1 aromatic carbocycles. The summed E-state index contributed by atoms with van der Waals surface area (Å²) in [6.07, 6.45) is -3.30. The largest absolute Gasteiger partial charge is 0.481 e. The first-order chi connectivity index (χ1) is 19.3. The van der Waals surface area contributed by atoms with Crippen LogP contribution < -0.4 is 19.7 Å². The first-order valence-corrected chi connectivity index (χ1v) is 14.9. The van der Waals surface area contributed by atoms with E-state index in [0.29, 0.717) is 27.7 Å². The Labute approximate surface area is 248 Å². The molecule has 1 amide bonds. The van der Waals surface area contributed by atoms with Gasteiger partial charge in [-0.3, -0.25) is 28.6 Å². The fourth-order valence-electron chi connectivity index (χ4n) is 4.22. The van der Waals surface area contributed by atoms with E-state index < -0.39 is 41.7 Å². The highest BCUT2D eigenvalue weighted by atomic mass is 32.2. The number of carboxylic acid groups (broad SMARTS) is 2. The molecule has 0 unspecified atom stereocenters. The minimum Gasteiger partial charge on any atom is -0.481 e. The highest BCUT2D eigenvalue weighted by molar-refractivity contribution is 8.30. The first kappa shape index (κ1) is 30.9. The number of alkyl halides is 3. The van der Waals surface area contributed by atoms with E-state index in [1.54, 1.807) is 24.8 Å². The third-order valence-electron chi connectivity index (χ3n) is 6.11. The number of carbonyl (C=O) groups is 3. The van der Waals surface area contributed by atoms with Crippen molar-refractivity contribution in [1.82, 2.24) is 9.47 Å². The zero-order valence-electron chi connectivity index (χ0n) is 21.5. The Hall–Kier alpha value is -3.08. The number of carboxylic acids is 2. The molecule has 2 aliphatic rings. The second kappa shape index (κ2) is 12.0. The van der Waals surface area contributed by atoms with Gasteiger partial charge in [0.2, 0.25) is 0 Å². The van der Waals surface area contributed by atoms with Crippen LogP contribution in [0.2, 0.25) is 0 Å². The second-order valence-electron chi connectivity index (χ2n) is 8.70. The summed E-state index contributed by atoms with van der Waals surface area (Å²) in [6.45, 7) is 3.30. The Morgan fingerprint density at radius 2 is 1.73 bits per heavy atom. The molecule has 9 nitrogen and oxygen atoms in total. The van der Waals surface area contributed by atoms with E-state index in [2.05, 4.69) is 0 Å². The van der Waals surface area contributed by atoms with Crippen LogP contribution in [0.4, 0.5) is 18.9 Å². The highest BCUT2D eigenvalue weighted by Crippen LogP contribution is 2.48. The van der Waals surface area contributed by atoms with Crippen LogP contribution in [0.15, 0.2) is 39.0 Å². The molecule has 0 aliphatic carbocycles. The lowest BCUT2D eigenvalue weighted by molar-refractivity contribution is -0.140. The molecule has 1 saturated heterocycles. The molecule has 16 heteroatoms. The van der Waals surface area contributed by atoms with Crippen LogP contribution in [0.3, 0.4) is 0 Å². The molecule has 2 aromatic rings. The topological polar surface area (TPSA) is 120 Å². The summed E-state index contributed by atoms with van der Waals surface area (Å²) in [4.78, 5) is 52.5. The molecule has 0 saturated carbocycles. The van der Waals surface area contributed by atoms with Gasteiger partial charge in [-0.15, -0.1) is 11.3 Å². The smallest absolute Gasteiger partial charge is 0.416 e. The molecule has 218 valence electrons. The molecule has 3 heterocycles. The number of hydrogen-bond donors (Lipinski definition) is 2. The van der Waals surface area contributed by atoms with E-state index in [-0.39, 0.29) is 37.8 Å². The Bertz CT molecular complexity index is 1680. The van der Waals surface area contributed by atoms with Crippen molar-refractivity contribution in [1.29, 1.82) is 0 Å². The lowest BCUT2D eigenvalue weighted by atomic mass is 10.1. The molecule has 4 rings (SSSR count). The Morgan fingerprint density at radius 3 is 2.32 bits per heavy atom. The van der Waals surface area contributed by atoms with Crippen molar-refractivity contribution >= 4 is 85.4 Å². The number of aliphatic carboxylic acids is 2. The van der Waals surface area contributed by atoms with Gasteiger partial charge in [-0.1, -0.05) is 35.7 Å². The Kier molecular flexibility index (Phi) is 9.06. The van der Waals surface area contributed by atoms with Crippen molar-refractivity contribution in [2.24, 2.45) is 0 Å². The number of thioether (sulfide) groups is 2. The van der Waals surface area contributed by atoms with Crippen molar-refractivity contribution in [3.05, 3.63) is 54.4 Å². The van der Waals surface area contributed by atoms with Gasteiger partial charge in [-0.05, 0) is 50.1 Å². The lowest BCUT2D eigenvalue weighted by Crippen LogP contribution is -2.35. The summed E-state index contributed by atoms with van der Waals surface area (Å²) in [5.74, 6) is -3.01. The molecule has 0 radical (unpaired) electrons. The molecule has 0 bridgehead atoms. The van der Waals surface area contributed by atoms with Gasteiger partial charge in [0.15, 0.2) is 0 Å². The summed E-state index contributed by atoms with van der Waals surface area (Å²) in [6, 6.07) is 3.43. The molecule has 2 aliphatic heterocycles. The van der Waals surface area contributed by atoms with Crippen LogP contribution in [0.25, 0.3) is 10.5 Å². The van der Waals surface area contributed by atoms with Crippen LogP contribution in [-0.4, -0.2) is 54.9 Å². The average Bonchev–Trinajstić information content (AvgIpc) is 3.51. The number of allylic oxidation sites excluding steroid dienone is 1. The summed E-state index contributed by atoms with van der Waals surface area (Å²) < 4.78 is 41.9. The van der Waals surface area contributed by atoms with E-state index in [1.165, 1.54) is 22.4 Å². The van der Waals surface area contributed by atoms with Gasteiger partial charge in [0.25, 0.3) is 11.5 Å². The molecule has 0 atom stereocenters. The van der Waals surface area contributed by atoms with Crippen LogP contribution in [-0.2, 0) is 27.1 Å². The maximum Gasteiger partial charge on any atom is 0.416 e. The second-order valence-corrected chi connectivity index (χ2v) is 12.4. The van der Waals surface area contributed by atoms with E-state index in [9.17, 15) is 37.5 Å². The average molecular weight is 646 g/mol. The lowest BCUT2D eigenvalue weighted by Gasteiger charge is -2.19. The standard InChI is InChI=1S/C25H22F3N3O6S4/c1-3-29-14-10-13(25(26,27)28)6-7-15(14)39-16(29)9-12(5-8-17(32)33)19-21(36)30(4-2)23(40-19)20-22(37)31(11-18(34)35)24(38)41-20/h6-7,9-10H,3-5,8,11H2,1-2H3,(H,32,33)(H,34,35)/b16-9-,19-12+,23-20-. The van der Waals surface area contributed by atoms with E-state index in [0.717, 1.165) is 40.1 Å². The maximum atomic E-state index is 13.6. The zero-order valence-corrected chi connectivity index (χ0v) is 24.7. The molecule has 41 heavy (non-hydrogen) atoms. The summed E-state index contributed by atoms with van der Waals surface area (Å²) in [5, 5.41) is 19.0. The van der Waals surface area contributed by atoms with Crippen molar-refractivity contribution in [2.45, 2.75) is 44.3 Å². The summed E-state index contributed by atoms with van der Waals surface area (Å²) >= 11 is 8.23. The van der Waals surface area contributed by atoms with Crippen molar-refractivity contribution in [3.63, 3.8) is 0 Å². The number of halogens is 3. The fourth-order valence-corrected chi connectivity index (χ4v) is 8.05. The number of anilines is 1. The van der Waals surface area contributed by atoms with Gasteiger partial charge in [0.05, 0.1) is 20.8 Å². The van der Waals surface area contributed by atoms with Crippen LogP contribution in [0, 0.1) is 0 Å². The van der Waals surface area contributed by atoms with Crippen LogP contribution in [0.1, 0.15) is 32.3 Å². The van der Waals surface area contributed by atoms with Gasteiger partial charge in [0, 0.05) is 24.4 Å². The number of benzene rings is 1. The maximum absolute atomic E-state index is 13.6. The third-order valence-corrected chi connectivity index (χ3v) is 10.0. The molecule has 2 N–H and O–H groups in total. The van der Waals surface area contributed by atoms with Gasteiger partial charge in [-0.2, -0.15) is 13.2 Å². The molecule has 0 spiro atoms. The van der Waals surface area contributed by atoms with Crippen molar-refractivity contribution in [2.75, 3.05) is 18.0 Å². The van der Waals surface area contributed by atoms with Crippen LogP contribution in [0.5, 0.6) is 0 Å². The van der Waals surface area contributed by atoms with Gasteiger partial charge in [0.1, 0.15) is 20.4 Å². The number of amides is 1. The zero-order chi connectivity index (χ0) is 30.2. The molecular weight excluding hydrogens is 624 g/mol. The van der Waals surface area contributed by atoms with Crippen LogP contribution >= 0.6 is 47.1 Å². The number of thiocarbonyl (C=S) groups is 1. The van der Waals surface area contributed by atoms with E-state index in [4.69, 9.17) is 17.3 Å². The third kappa shape index (κ3) is 6.24. The number of hydrogen-bond acceptors (Lipinski definition) is 9. The fraction of sp³-hybridized carbons (Fsp3) is 0.320. The summed E-state index contributed by atoms with van der Waals surface area (Å²) in [7, 11) is 0. The Balaban J connectivity index is 1.92. The van der Waals surface area contributed by atoms with Gasteiger partial charge in [-0.25, -0.2) is 0 Å². The first-order valence-electron chi connectivity index (χ1n) is 12.1.